The topological polar surface area (TPSA) is 84.4 Å². The monoisotopic (exact) mass is 330 g/mol. The van der Waals surface area contributed by atoms with E-state index in [4.69, 9.17) is 4.74 Å². The standard InChI is InChI=1S/C12H18N4O3S2/c1-2-19-12(18)16-5-3-9(4-6-16)14-10(17)7-20-11-15-13-8-21-11/h8-9H,2-7H2,1H3,(H,14,17). The van der Waals surface area contributed by atoms with Crippen LogP contribution in [-0.4, -0.2) is 58.6 Å². The lowest BCUT2D eigenvalue weighted by atomic mass is 10.1. The zero-order valence-electron chi connectivity index (χ0n) is 11.8. The van der Waals surface area contributed by atoms with E-state index in [1.807, 2.05) is 0 Å². The molecule has 116 valence electrons. The zero-order chi connectivity index (χ0) is 15.1. The molecule has 7 nitrogen and oxygen atoms in total. The van der Waals surface area contributed by atoms with E-state index in [0.717, 1.165) is 17.2 Å². The smallest absolute Gasteiger partial charge is 0.409 e. The van der Waals surface area contributed by atoms with Gasteiger partial charge in [-0.05, 0) is 19.8 Å². The number of aromatic nitrogens is 2. The van der Waals surface area contributed by atoms with E-state index < -0.39 is 0 Å². The second-order valence-corrected chi connectivity index (χ2v) is 6.58. The molecular weight excluding hydrogens is 312 g/mol. The van der Waals surface area contributed by atoms with Crippen LogP contribution < -0.4 is 5.32 Å². The van der Waals surface area contributed by atoms with Crippen molar-refractivity contribution in [2.75, 3.05) is 25.4 Å². The van der Waals surface area contributed by atoms with Crippen molar-refractivity contribution in [3.05, 3.63) is 5.51 Å². The fourth-order valence-electron chi connectivity index (χ4n) is 2.04. The number of nitrogens with one attached hydrogen (secondary N) is 1. The molecule has 1 fully saturated rings. The minimum absolute atomic E-state index is 0.00946. The molecule has 21 heavy (non-hydrogen) atoms. The van der Waals surface area contributed by atoms with Crippen LogP contribution in [0.2, 0.25) is 0 Å². The van der Waals surface area contributed by atoms with Crippen LogP contribution in [0, 0.1) is 0 Å². The van der Waals surface area contributed by atoms with Crippen LogP contribution in [0.1, 0.15) is 19.8 Å². The molecular formula is C12H18N4O3S2. The Hall–Kier alpha value is -1.35. The molecule has 1 aliphatic heterocycles. The van der Waals surface area contributed by atoms with Crippen molar-refractivity contribution in [3.8, 4) is 0 Å². The molecule has 0 atom stereocenters. The largest absolute Gasteiger partial charge is 0.450 e. The summed E-state index contributed by atoms with van der Waals surface area (Å²) in [5, 5.41) is 10.6. The Bertz CT molecular complexity index is 461. The van der Waals surface area contributed by atoms with E-state index in [2.05, 4.69) is 15.5 Å². The fraction of sp³-hybridized carbons (Fsp3) is 0.667. The molecule has 1 aromatic rings. The number of ether oxygens (including phenoxy) is 1. The van der Waals surface area contributed by atoms with E-state index >= 15 is 0 Å². The summed E-state index contributed by atoms with van der Waals surface area (Å²) in [7, 11) is 0. The van der Waals surface area contributed by atoms with Gasteiger partial charge < -0.3 is 15.0 Å². The summed E-state index contributed by atoms with van der Waals surface area (Å²) in [5.74, 6) is 0.331. The van der Waals surface area contributed by atoms with E-state index in [1.165, 1.54) is 23.1 Å². The quantitative estimate of drug-likeness (QED) is 0.821. The molecule has 1 aromatic heterocycles. The summed E-state index contributed by atoms with van der Waals surface area (Å²) >= 11 is 2.81. The summed E-state index contributed by atoms with van der Waals surface area (Å²) < 4.78 is 5.76. The van der Waals surface area contributed by atoms with Gasteiger partial charge >= 0.3 is 6.09 Å². The minimum Gasteiger partial charge on any atom is -0.450 e. The van der Waals surface area contributed by atoms with E-state index in [0.29, 0.717) is 25.4 Å². The lowest BCUT2D eigenvalue weighted by molar-refractivity contribution is -0.119. The van der Waals surface area contributed by atoms with Crippen LogP contribution >= 0.6 is 23.1 Å². The molecule has 0 radical (unpaired) electrons. The Morgan fingerprint density at radius 2 is 2.29 bits per heavy atom. The van der Waals surface area contributed by atoms with Gasteiger partial charge in [0.1, 0.15) is 5.51 Å². The van der Waals surface area contributed by atoms with Crippen molar-refractivity contribution in [2.45, 2.75) is 30.1 Å². The average Bonchev–Trinajstić information content (AvgIpc) is 2.99. The van der Waals surface area contributed by atoms with Gasteiger partial charge in [-0.1, -0.05) is 23.1 Å². The van der Waals surface area contributed by atoms with Crippen molar-refractivity contribution < 1.29 is 14.3 Å². The van der Waals surface area contributed by atoms with Gasteiger partial charge in [-0.3, -0.25) is 4.79 Å². The molecule has 2 amide bonds. The van der Waals surface area contributed by atoms with Crippen LogP contribution in [0.15, 0.2) is 9.85 Å². The van der Waals surface area contributed by atoms with Gasteiger partial charge in [0.25, 0.3) is 0 Å². The predicted molar refractivity (Wildman–Crippen MR) is 80.4 cm³/mol. The molecule has 1 N–H and O–H groups in total. The van der Waals surface area contributed by atoms with Gasteiger partial charge in [-0.2, -0.15) is 0 Å². The molecule has 0 unspecified atom stereocenters. The van der Waals surface area contributed by atoms with Gasteiger partial charge in [0.2, 0.25) is 5.91 Å². The van der Waals surface area contributed by atoms with E-state index in [-0.39, 0.29) is 18.0 Å². The molecule has 9 heteroatoms. The van der Waals surface area contributed by atoms with Gasteiger partial charge in [-0.15, -0.1) is 10.2 Å². The highest BCUT2D eigenvalue weighted by Crippen LogP contribution is 2.18. The van der Waals surface area contributed by atoms with Crippen molar-refractivity contribution >= 4 is 35.1 Å². The molecule has 1 saturated heterocycles. The summed E-state index contributed by atoms with van der Waals surface area (Å²) in [6, 6.07) is 0.123. The Morgan fingerprint density at radius 3 is 2.90 bits per heavy atom. The number of rotatable bonds is 5. The third-order valence-electron chi connectivity index (χ3n) is 3.05. The van der Waals surface area contributed by atoms with Crippen molar-refractivity contribution in [3.63, 3.8) is 0 Å². The fourth-order valence-corrected chi connectivity index (χ4v) is 3.34. The first-order valence-corrected chi connectivity index (χ1v) is 8.65. The molecule has 0 saturated carbocycles. The Balaban J connectivity index is 1.66. The summed E-state index contributed by atoms with van der Waals surface area (Å²) in [5.41, 5.74) is 1.64. The van der Waals surface area contributed by atoms with Crippen molar-refractivity contribution in [2.24, 2.45) is 0 Å². The normalized spacial score (nSPS) is 15.8. The second-order valence-electron chi connectivity index (χ2n) is 4.52. The van der Waals surface area contributed by atoms with E-state index in [1.54, 1.807) is 17.3 Å². The zero-order valence-corrected chi connectivity index (χ0v) is 13.4. The van der Waals surface area contributed by atoms with Crippen LogP contribution in [-0.2, 0) is 9.53 Å². The number of amides is 2. The second kappa shape index (κ2) is 8.18. The lowest BCUT2D eigenvalue weighted by Crippen LogP contribution is -2.47. The third kappa shape index (κ3) is 5.16. The Morgan fingerprint density at radius 1 is 1.52 bits per heavy atom. The first-order valence-electron chi connectivity index (χ1n) is 6.79. The van der Waals surface area contributed by atoms with Crippen LogP contribution in [0.25, 0.3) is 0 Å². The predicted octanol–water partition coefficient (Wildman–Crippen LogP) is 1.37. The molecule has 2 heterocycles. The van der Waals surface area contributed by atoms with Crippen LogP contribution in [0.5, 0.6) is 0 Å². The molecule has 1 aliphatic rings. The highest BCUT2D eigenvalue weighted by molar-refractivity contribution is 8.01. The Labute approximate surface area is 131 Å². The molecule has 2 rings (SSSR count). The van der Waals surface area contributed by atoms with E-state index in [9.17, 15) is 9.59 Å². The summed E-state index contributed by atoms with van der Waals surface area (Å²) in [4.78, 5) is 25.1. The molecule has 0 aliphatic carbocycles. The van der Waals surface area contributed by atoms with Gasteiger partial charge in [0.05, 0.1) is 12.4 Å². The van der Waals surface area contributed by atoms with Crippen molar-refractivity contribution in [1.82, 2.24) is 20.4 Å². The number of piperidine rings is 1. The maximum atomic E-state index is 11.8. The Kier molecular flexibility index (Phi) is 6.24. The SMILES string of the molecule is CCOC(=O)N1CCC(NC(=O)CSc2nncs2)CC1. The van der Waals surface area contributed by atoms with Crippen molar-refractivity contribution in [1.29, 1.82) is 0 Å². The number of hydrogen-bond acceptors (Lipinski definition) is 7. The van der Waals surface area contributed by atoms with Crippen LogP contribution in [0.4, 0.5) is 4.79 Å². The first-order chi connectivity index (χ1) is 10.2. The van der Waals surface area contributed by atoms with Gasteiger partial charge in [-0.25, -0.2) is 4.79 Å². The average molecular weight is 330 g/mol. The first kappa shape index (κ1) is 16.0. The lowest BCUT2D eigenvalue weighted by Gasteiger charge is -2.31. The molecule has 0 bridgehead atoms. The number of hydrogen-bond donors (Lipinski definition) is 1. The number of likely N-dealkylation sites (tertiary alicyclic amines) is 1. The highest BCUT2D eigenvalue weighted by Gasteiger charge is 2.24. The highest BCUT2D eigenvalue weighted by atomic mass is 32.2. The maximum absolute atomic E-state index is 11.8. The third-order valence-corrected chi connectivity index (χ3v) is 4.91. The number of nitrogens with zero attached hydrogens (tertiary/aromatic N) is 3. The number of carbonyl (C=O) groups excluding carboxylic acids is 2. The van der Waals surface area contributed by atoms with Gasteiger partial charge in [0, 0.05) is 19.1 Å². The summed E-state index contributed by atoms with van der Waals surface area (Å²) in [6.45, 7) is 3.42. The number of thioether (sulfide) groups is 1. The number of carbonyl (C=O) groups is 2. The molecule has 0 spiro atoms. The minimum atomic E-state index is -0.269. The summed E-state index contributed by atoms with van der Waals surface area (Å²) in [6.07, 6.45) is 1.25. The maximum Gasteiger partial charge on any atom is 0.409 e. The van der Waals surface area contributed by atoms with Crippen LogP contribution in [0.3, 0.4) is 0 Å². The van der Waals surface area contributed by atoms with Gasteiger partial charge in [0.15, 0.2) is 4.34 Å². The molecule has 0 aromatic carbocycles.